The Balaban J connectivity index is 2.01. The Kier molecular flexibility index (Phi) is 6.94. The van der Waals surface area contributed by atoms with Gasteiger partial charge in [0.1, 0.15) is 5.54 Å². The van der Waals surface area contributed by atoms with Gasteiger partial charge in [-0.15, -0.1) is 0 Å². The first-order valence-corrected chi connectivity index (χ1v) is 7.61. The van der Waals surface area contributed by atoms with Crippen LogP contribution in [-0.4, -0.2) is 36.8 Å². The standard InChI is InChI=1S/C13H24N2OS/c1-13(11-14,15-12-5-6-12)7-3-4-9-17-10-8-16-2/h12,15H,3-10H2,1-2H3. The summed E-state index contributed by atoms with van der Waals surface area (Å²) in [7, 11) is 1.74. The van der Waals surface area contributed by atoms with E-state index >= 15 is 0 Å². The van der Waals surface area contributed by atoms with Gasteiger partial charge in [0, 0.05) is 18.9 Å². The minimum Gasteiger partial charge on any atom is -0.384 e. The molecule has 98 valence electrons. The molecule has 0 bridgehead atoms. The third-order valence-corrected chi connectivity index (χ3v) is 4.03. The fourth-order valence-corrected chi connectivity index (χ4v) is 2.66. The summed E-state index contributed by atoms with van der Waals surface area (Å²) in [5, 5.41) is 12.6. The van der Waals surface area contributed by atoms with Gasteiger partial charge < -0.3 is 4.74 Å². The zero-order chi connectivity index (χ0) is 12.6. The second-order valence-corrected chi connectivity index (χ2v) is 6.15. The minimum atomic E-state index is -0.307. The van der Waals surface area contributed by atoms with Gasteiger partial charge in [-0.05, 0) is 44.8 Å². The Morgan fingerprint density at radius 2 is 2.18 bits per heavy atom. The largest absolute Gasteiger partial charge is 0.384 e. The Hall–Kier alpha value is -0.240. The molecule has 0 heterocycles. The number of nitriles is 1. The molecule has 3 nitrogen and oxygen atoms in total. The van der Waals surface area contributed by atoms with Gasteiger partial charge in [0.05, 0.1) is 12.7 Å². The van der Waals surface area contributed by atoms with E-state index in [1.165, 1.54) is 25.0 Å². The van der Waals surface area contributed by atoms with Crippen LogP contribution < -0.4 is 5.32 Å². The second kappa shape index (κ2) is 7.97. The van der Waals surface area contributed by atoms with Crippen LogP contribution in [0.1, 0.15) is 39.0 Å². The smallest absolute Gasteiger partial charge is 0.104 e. The molecule has 1 fully saturated rings. The first-order valence-electron chi connectivity index (χ1n) is 6.46. The molecule has 0 saturated heterocycles. The number of nitrogens with one attached hydrogen (secondary N) is 1. The summed E-state index contributed by atoms with van der Waals surface area (Å²) in [5.74, 6) is 2.25. The molecule has 0 aromatic carbocycles. The Morgan fingerprint density at radius 3 is 2.76 bits per heavy atom. The Bertz CT molecular complexity index is 250. The monoisotopic (exact) mass is 256 g/mol. The van der Waals surface area contributed by atoms with Crippen LogP contribution >= 0.6 is 11.8 Å². The highest BCUT2D eigenvalue weighted by molar-refractivity contribution is 7.99. The number of hydrogen-bond donors (Lipinski definition) is 1. The lowest BCUT2D eigenvalue weighted by Crippen LogP contribution is -2.42. The topological polar surface area (TPSA) is 45.0 Å². The molecular formula is C13H24N2OS. The molecule has 0 amide bonds. The highest BCUT2D eigenvalue weighted by Crippen LogP contribution is 2.24. The van der Waals surface area contributed by atoms with Crippen molar-refractivity contribution in [1.29, 1.82) is 5.26 Å². The molecule has 0 spiro atoms. The zero-order valence-electron chi connectivity index (χ0n) is 11.0. The lowest BCUT2D eigenvalue weighted by Gasteiger charge is -2.23. The van der Waals surface area contributed by atoms with Gasteiger partial charge in [0.2, 0.25) is 0 Å². The lowest BCUT2D eigenvalue weighted by atomic mass is 9.96. The van der Waals surface area contributed by atoms with Gasteiger partial charge >= 0.3 is 0 Å². The van der Waals surface area contributed by atoms with Crippen LogP contribution in [0.5, 0.6) is 0 Å². The van der Waals surface area contributed by atoms with Crippen molar-refractivity contribution in [2.45, 2.75) is 50.6 Å². The SMILES string of the molecule is COCCSCCCCC(C)(C#N)NC1CC1. The number of nitrogens with zero attached hydrogens (tertiary/aromatic N) is 1. The van der Waals surface area contributed by atoms with Crippen LogP contribution in [0.3, 0.4) is 0 Å². The first kappa shape index (κ1) is 14.8. The van der Waals surface area contributed by atoms with E-state index in [-0.39, 0.29) is 5.54 Å². The minimum absolute atomic E-state index is 0.307. The molecular weight excluding hydrogens is 232 g/mol. The third-order valence-electron chi connectivity index (χ3n) is 2.99. The highest BCUT2D eigenvalue weighted by Gasteiger charge is 2.31. The van der Waals surface area contributed by atoms with Gasteiger partial charge in [-0.25, -0.2) is 0 Å². The zero-order valence-corrected chi connectivity index (χ0v) is 11.8. The van der Waals surface area contributed by atoms with Crippen molar-refractivity contribution in [3.05, 3.63) is 0 Å². The molecule has 4 heteroatoms. The van der Waals surface area contributed by atoms with Crippen molar-refractivity contribution >= 4 is 11.8 Å². The number of unbranched alkanes of at least 4 members (excludes halogenated alkanes) is 1. The second-order valence-electron chi connectivity index (χ2n) is 4.92. The van der Waals surface area contributed by atoms with Crippen LogP contribution in [-0.2, 0) is 4.74 Å². The molecule has 1 aliphatic carbocycles. The number of rotatable bonds is 10. The summed E-state index contributed by atoms with van der Waals surface area (Å²) in [6.45, 7) is 2.87. The first-order chi connectivity index (χ1) is 8.20. The lowest BCUT2D eigenvalue weighted by molar-refractivity contribution is 0.218. The molecule has 1 unspecified atom stereocenters. The van der Waals surface area contributed by atoms with Gasteiger partial charge in [-0.3, -0.25) is 5.32 Å². The van der Waals surface area contributed by atoms with E-state index in [1.807, 2.05) is 18.7 Å². The van der Waals surface area contributed by atoms with Crippen molar-refractivity contribution in [3.63, 3.8) is 0 Å². The van der Waals surface area contributed by atoms with Crippen LogP contribution in [0.25, 0.3) is 0 Å². The molecule has 1 rings (SSSR count). The third kappa shape index (κ3) is 6.92. The van der Waals surface area contributed by atoms with Crippen molar-refractivity contribution in [3.8, 4) is 6.07 Å². The van der Waals surface area contributed by atoms with E-state index in [9.17, 15) is 5.26 Å². The van der Waals surface area contributed by atoms with Crippen LogP contribution in [0.4, 0.5) is 0 Å². The maximum Gasteiger partial charge on any atom is 0.104 e. The van der Waals surface area contributed by atoms with Crippen molar-refractivity contribution in [1.82, 2.24) is 5.32 Å². The Labute approximate surface area is 109 Å². The van der Waals surface area contributed by atoms with Gasteiger partial charge in [-0.2, -0.15) is 17.0 Å². The van der Waals surface area contributed by atoms with E-state index in [1.54, 1.807) is 7.11 Å². The average molecular weight is 256 g/mol. The summed E-state index contributed by atoms with van der Waals surface area (Å²) in [5.41, 5.74) is -0.307. The summed E-state index contributed by atoms with van der Waals surface area (Å²) < 4.78 is 5.00. The van der Waals surface area contributed by atoms with Gasteiger partial charge in [0.25, 0.3) is 0 Å². The van der Waals surface area contributed by atoms with Crippen molar-refractivity contribution < 1.29 is 4.74 Å². The number of methoxy groups -OCH3 is 1. The Morgan fingerprint density at radius 1 is 1.41 bits per heavy atom. The van der Waals surface area contributed by atoms with Gasteiger partial charge in [0.15, 0.2) is 0 Å². The summed E-state index contributed by atoms with van der Waals surface area (Å²) in [6.07, 6.45) is 5.76. The quantitative estimate of drug-likeness (QED) is 0.610. The fourth-order valence-electron chi connectivity index (χ4n) is 1.77. The molecule has 0 aliphatic heterocycles. The molecule has 0 radical (unpaired) electrons. The van der Waals surface area contributed by atoms with Crippen LogP contribution in [0.15, 0.2) is 0 Å². The highest BCUT2D eigenvalue weighted by atomic mass is 32.2. The molecule has 0 aromatic heterocycles. The van der Waals surface area contributed by atoms with E-state index in [0.717, 1.165) is 25.2 Å². The molecule has 1 N–H and O–H groups in total. The van der Waals surface area contributed by atoms with Crippen molar-refractivity contribution in [2.24, 2.45) is 0 Å². The number of ether oxygens (including phenoxy) is 1. The molecule has 0 aromatic rings. The normalized spacial score (nSPS) is 18.6. The van der Waals surface area contributed by atoms with E-state index in [2.05, 4.69) is 11.4 Å². The van der Waals surface area contributed by atoms with E-state index in [4.69, 9.17) is 4.74 Å². The fraction of sp³-hybridized carbons (Fsp3) is 0.923. The summed E-state index contributed by atoms with van der Waals surface area (Å²) in [4.78, 5) is 0. The number of hydrogen-bond acceptors (Lipinski definition) is 4. The maximum atomic E-state index is 9.20. The molecule has 17 heavy (non-hydrogen) atoms. The van der Waals surface area contributed by atoms with Crippen LogP contribution in [0, 0.1) is 11.3 Å². The predicted octanol–water partition coefficient (Wildman–Crippen LogP) is 2.57. The van der Waals surface area contributed by atoms with E-state index < -0.39 is 0 Å². The van der Waals surface area contributed by atoms with Crippen molar-refractivity contribution in [2.75, 3.05) is 25.2 Å². The summed E-state index contributed by atoms with van der Waals surface area (Å²) in [6, 6.07) is 3.03. The molecule has 1 saturated carbocycles. The maximum absolute atomic E-state index is 9.20. The average Bonchev–Trinajstić information content (AvgIpc) is 3.12. The summed E-state index contributed by atoms with van der Waals surface area (Å²) >= 11 is 1.93. The predicted molar refractivity (Wildman–Crippen MR) is 73.2 cm³/mol. The van der Waals surface area contributed by atoms with Crippen LogP contribution in [0.2, 0.25) is 0 Å². The molecule has 1 aliphatic rings. The molecule has 1 atom stereocenters. The van der Waals surface area contributed by atoms with E-state index in [0.29, 0.717) is 6.04 Å². The van der Waals surface area contributed by atoms with Gasteiger partial charge in [-0.1, -0.05) is 0 Å². The number of thioether (sulfide) groups is 1.